The fraction of sp³-hybridized carbons (Fsp3) is 0.273. The van der Waals surface area contributed by atoms with Crippen molar-refractivity contribution in [3.8, 4) is 17.2 Å². The molecule has 1 atom stereocenters. The Morgan fingerprint density at radius 1 is 1.03 bits per heavy atom. The summed E-state index contributed by atoms with van der Waals surface area (Å²) >= 11 is 0. The summed E-state index contributed by atoms with van der Waals surface area (Å²) in [4.78, 5) is 27.8. The zero-order valence-electron chi connectivity index (χ0n) is 16.8. The van der Waals surface area contributed by atoms with Crippen molar-refractivity contribution >= 4 is 16.9 Å². The van der Waals surface area contributed by atoms with Gasteiger partial charge in [-0.15, -0.1) is 0 Å². The third kappa shape index (κ3) is 2.88. The molecule has 4 rings (SSSR count). The lowest BCUT2D eigenvalue weighted by molar-refractivity contribution is 0.0691. The second kappa shape index (κ2) is 7.72. The van der Waals surface area contributed by atoms with E-state index in [1.54, 1.807) is 36.4 Å². The summed E-state index contributed by atoms with van der Waals surface area (Å²) in [5, 5.41) is 9.94. The quantitative estimate of drug-likeness (QED) is 0.665. The molecule has 0 unspecified atom stereocenters. The maximum Gasteiger partial charge on any atom is 0.290 e. The first-order valence-corrected chi connectivity index (χ1v) is 9.33. The van der Waals surface area contributed by atoms with Crippen molar-refractivity contribution in [2.45, 2.75) is 6.04 Å². The number of ether oxygens (including phenoxy) is 3. The number of hydrogen-bond donors (Lipinski definition) is 1. The molecule has 1 N–H and O–H groups in total. The molecule has 0 aliphatic carbocycles. The molecule has 8 heteroatoms. The van der Waals surface area contributed by atoms with Crippen LogP contribution in [0.4, 0.5) is 0 Å². The third-order valence-electron chi connectivity index (χ3n) is 5.22. The smallest absolute Gasteiger partial charge is 0.290 e. The van der Waals surface area contributed by atoms with Crippen molar-refractivity contribution in [2.75, 3.05) is 34.5 Å². The highest BCUT2D eigenvalue weighted by atomic mass is 16.5. The molecule has 0 fully saturated rings. The molecule has 1 aliphatic rings. The number of benzene rings is 2. The van der Waals surface area contributed by atoms with Gasteiger partial charge in [0.25, 0.3) is 5.91 Å². The molecule has 2 heterocycles. The number of methoxy groups -OCH3 is 3. The van der Waals surface area contributed by atoms with Crippen LogP contribution in [-0.2, 0) is 0 Å². The molecule has 0 radical (unpaired) electrons. The predicted molar refractivity (Wildman–Crippen MR) is 109 cm³/mol. The molecule has 1 amide bonds. The molecule has 1 aliphatic heterocycles. The maximum absolute atomic E-state index is 13.3. The first kappa shape index (κ1) is 19.8. The number of amides is 1. The first-order valence-electron chi connectivity index (χ1n) is 9.33. The zero-order chi connectivity index (χ0) is 21.4. The van der Waals surface area contributed by atoms with Gasteiger partial charge >= 0.3 is 0 Å². The Hall–Kier alpha value is -3.52. The van der Waals surface area contributed by atoms with Crippen LogP contribution < -0.4 is 19.6 Å². The third-order valence-corrected chi connectivity index (χ3v) is 5.22. The van der Waals surface area contributed by atoms with Gasteiger partial charge in [-0.05, 0) is 29.8 Å². The molecule has 0 spiro atoms. The van der Waals surface area contributed by atoms with E-state index in [4.69, 9.17) is 18.6 Å². The van der Waals surface area contributed by atoms with E-state index in [2.05, 4.69) is 0 Å². The lowest BCUT2D eigenvalue weighted by Crippen LogP contribution is -2.32. The van der Waals surface area contributed by atoms with Gasteiger partial charge < -0.3 is 28.6 Å². The number of aliphatic hydroxyl groups excluding tert-OH is 1. The Labute approximate surface area is 172 Å². The van der Waals surface area contributed by atoms with Gasteiger partial charge in [-0.1, -0.05) is 12.1 Å². The average molecular weight is 411 g/mol. The first-order chi connectivity index (χ1) is 14.5. The van der Waals surface area contributed by atoms with Crippen molar-refractivity contribution in [1.82, 2.24) is 4.90 Å². The van der Waals surface area contributed by atoms with E-state index in [1.807, 2.05) is 0 Å². The fourth-order valence-electron chi connectivity index (χ4n) is 3.91. The molecule has 0 saturated heterocycles. The summed E-state index contributed by atoms with van der Waals surface area (Å²) in [6.45, 7) is -0.242. The van der Waals surface area contributed by atoms with E-state index >= 15 is 0 Å². The summed E-state index contributed by atoms with van der Waals surface area (Å²) in [6, 6.07) is 9.39. The van der Waals surface area contributed by atoms with E-state index in [-0.39, 0.29) is 29.9 Å². The van der Waals surface area contributed by atoms with E-state index < -0.39 is 11.9 Å². The van der Waals surface area contributed by atoms with Crippen molar-refractivity contribution in [1.29, 1.82) is 0 Å². The number of carbonyl (C=O) groups excluding carboxylic acids is 1. The minimum Gasteiger partial charge on any atom is -0.493 e. The number of para-hydroxylation sites is 1. The van der Waals surface area contributed by atoms with Gasteiger partial charge in [0.15, 0.2) is 16.9 Å². The number of nitrogens with zero attached hydrogens (tertiary/aromatic N) is 1. The van der Waals surface area contributed by atoms with Crippen LogP contribution >= 0.6 is 0 Å². The van der Waals surface area contributed by atoms with E-state index in [0.717, 1.165) is 0 Å². The number of fused-ring (bicyclic) bond motifs is 2. The van der Waals surface area contributed by atoms with Crippen molar-refractivity contribution < 1.29 is 28.5 Å². The summed E-state index contributed by atoms with van der Waals surface area (Å²) in [7, 11) is 4.47. The second-order valence-corrected chi connectivity index (χ2v) is 6.75. The van der Waals surface area contributed by atoms with Gasteiger partial charge in [-0.25, -0.2) is 0 Å². The summed E-state index contributed by atoms with van der Waals surface area (Å²) in [5.74, 6) is 0.697. The lowest BCUT2D eigenvalue weighted by Gasteiger charge is -2.25. The Kier molecular flexibility index (Phi) is 5.09. The van der Waals surface area contributed by atoms with Crippen LogP contribution in [0.15, 0.2) is 45.6 Å². The predicted octanol–water partition coefficient (Wildman–Crippen LogP) is 2.36. The summed E-state index contributed by atoms with van der Waals surface area (Å²) in [5.41, 5.74) is 0.845. The Morgan fingerprint density at radius 3 is 2.30 bits per heavy atom. The van der Waals surface area contributed by atoms with E-state index in [1.165, 1.54) is 26.2 Å². The normalized spacial score (nSPS) is 15.4. The average Bonchev–Trinajstić information content (AvgIpc) is 3.05. The van der Waals surface area contributed by atoms with Gasteiger partial charge in [0.05, 0.1) is 44.9 Å². The van der Waals surface area contributed by atoms with Gasteiger partial charge in [0.2, 0.25) is 11.5 Å². The van der Waals surface area contributed by atoms with Crippen LogP contribution in [0.2, 0.25) is 0 Å². The Balaban J connectivity index is 2.01. The van der Waals surface area contributed by atoms with Crippen LogP contribution in [-0.4, -0.2) is 50.4 Å². The van der Waals surface area contributed by atoms with Gasteiger partial charge in [-0.3, -0.25) is 9.59 Å². The largest absolute Gasteiger partial charge is 0.493 e. The number of carbonyl (C=O) groups is 1. The second-order valence-electron chi connectivity index (χ2n) is 6.75. The number of β-amino-alcohol motifs (C(OH)–C–C–N with tert-alkyl or cyclic N) is 1. The topological polar surface area (TPSA) is 98.4 Å². The Bertz CT molecular complexity index is 1160. The van der Waals surface area contributed by atoms with Crippen molar-refractivity contribution in [3.63, 3.8) is 0 Å². The molecule has 1 aromatic heterocycles. The maximum atomic E-state index is 13.3. The van der Waals surface area contributed by atoms with Crippen LogP contribution in [0.3, 0.4) is 0 Å². The summed E-state index contributed by atoms with van der Waals surface area (Å²) < 4.78 is 22.1. The SMILES string of the molecule is COc1cc([C@@H]2c3c(oc4ccccc4c3=O)C(=O)N2CCO)cc(OC)c1OC. The van der Waals surface area contributed by atoms with Crippen LogP contribution in [0.1, 0.15) is 27.7 Å². The molecular formula is C22H21NO7. The van der Waals surface area contributed by atoms with E-state index in [9.17, 15) is 14.7 Å². The van der Waals surface area contributed by atoms with Crippen LogP contribution in [0.25, 0.3) is 11.0 Å². The summed E-state index contributed by atoms with van der Waals surface area (Å²) in [6.07, 6.45) is 0. The standard InChI is InChI=1S/C22H21NO7/c1-27-15-10-12(11-16(28-2)20(15)29-3)18-17-19(25)13-6-4-5-7-14(13)30-21(17)22(26)23(18)8-9-24/h4-7,10-11,18,24H,8-9H2,1-3H3/t18-/m1/s1. The minimum atomic E-state index is -0.769. The molecule has 2 aromatic carbocycles. The number of rotatable bonds is 6. The van der Waals surface area contributed by atoms with Crippen molar-refractivity contribution in [3.05, 3.63) is 63.5 Å². The molecule has 3 aromatic rings. The molecule has 0 saturated carbocycles. The zero-order valence-corrected chi connectivity index (χ0v) is 16.8. The Morgan fingerprint density at radius 2 is 1.70 bits per heavy atom. The number of aliphatic hydroxyl groups is 1. The highest BCUT2D eigenvalue weighted by Crippen LogP contribution is 2.44. The van der Waals surface area contributed by atoms with Gasteiger partial charge in [-0.2, -0.15) is 0 Å². The molecule has 156 valence electrons. The van der Waals surface area contributed by atoms with E-state index in [0.29, 0.717) is 33.8 Å². The van der Waals surface area contributed by atoms with Crippen LogP contribution in [0, 0.1) is 0 Å². The van der Waals surface area contributed by atoms with Gasteiger partial charge in [0.1, 0.15) is 5.58 Å². The number of hydrogen-bond acceptors (Lipinski definition) is 7. The van der Waals surface area contributed by atoms with Crippen molar-refractivity contribution in [2.24, 2.45) is 0 Å². The molecule has 30 heavy (non-hydrogen) atoms. The molecular weight excluding hydrogens is 390 g/mol. The minimum absolute atomic E-state index is 0.0223. The van der Waals surface area contributed by atoms with Crippen LogP contribution in [0.5, 0.6) is 17.2 Å². The highest BCUT2D eigenvalue weighted by Gasteiger charge is 2.43. The lowest BCUT2D eigenvalue weighted by atomic mass is 9.97. The highest BCUT2D eigenvalue weighted by molar-refractivity contribution is 5.99. The van der Waals surface area contributed by atoms with Gasteiger partial charge in [0, 0.05) is 6.54 Å². The molecule has 8 nitrogen and oxygen atoms in total. The fourth-order valence-corrected chi connectivity index (χ4v) is 3.91. The monoisotopic (exact) mass is 411 g/mol. The molecule has 0 bridgehead atoms.